The van der Waals surface area contributed by atoms with Gasteiger partial charge in [0.15, 0.2) is 0 Å². The van der Waals surface area contributed by atoms with Crippen molar-refractivity contribution >= 4 is 12.4 Å². The molecule has 2 N–H and O–H groups in total. The number of benzene rings is 1. The predicted molar refractivity (Wildman–Crippen MR) is 53.4 cm³/mol. The molecule has 0 aliphatic heterocycles. The summed E-state index contributed by atoms with van der Waals surface area (Å²) in [5.74, 6) is -0.981. The first kappa shape index (κ1) is 9.71. The lowest BCUT2D eigenvalue weighted by Crippen LogP contribution is -2.52. The number of hydrogen-bond donors (Lipinski definition) is 2. The smallest absolute Gasteiger partial charge is 0.330 e. The number of carbonyl (C=O) groups is 2. The van der Waals surface area contributed by atoms with Gasteiger partial charge in [-0.15, -0.1) is 0 Å². The monoisotopic (exact) mass is 205 g/mol. The van der Waals surface area contributed by atoms with Gasteiger partial charge >= 0.3 is 5.97 Å². The summed E-state index contributed by atoms with van der Waals surface area (Å²) >= 11 is 0. The van der Waals surface area contributed by atoms with Crippen molar-refractivity contribution in [2.45, 2.75) is 18.4 Å². The van der Waals surface area contributed by atoms with Gasteiger partial charge in [0.05, 0.1) is 0 Å². The van der Waals surface area contributed by atoms with Gasteiger partial charge in [0, 0.05) is 12.8 Å². The van der Waals surface area contributed by atoms with E-state index in [0.29, 0.717) is 19.3 Å². The number of rotatable bonds is 3. The standard InChI is InChI=1S/C11H11NO3/c13-7-12-11(10(14)15)5-8-3-1-2-4-9(8)6-11/h1-4,7H,5-6H2,(H,12,13)(H,14,15). The van der Waals surface area contributed by atoms with E-state index in [2.05, 4.69) is 5.32 Å². The Hall–Kier alpha value is -1.84. The Balaban J connectivity index is 2.36. The topological polar surface area (TPSA) is 66.4 Å². The average Bonchev–Trinajstić information content (AvgIpc) is 2.57. The van der Waals surface area contributed by atoms with E-state index in [1.165, 1.54) is 0 Å². The highest BCUT2D eigenvalue weighted by molar-refractivity contribution is 5.83. The Morgan fingerprint density at radius 3 is 2.27 bits per heavy atom. The Morgan fingerprint density at radius 2 is 1.87 bits per heavy atom. The van der Waals surface area contributed by atoms with Crippen molar-refractivity contribution in [3.63, 3.8) is 0 Å². The summed E-state index contributed by atoms with van der Waals surface area (Å²) in [6, 6.07) is 7.54. The third-order valence-corrected chi connectivity index (χ3v) is 2.85. The highest BCUT2D eigenvalue weighted by Gasteiger charge is 2.43. The van der Waals surface area contributed by atoms with Crippen molar-refractivity contribution in [2.75, 3.05) is 0 Å². The molecule has 78 valence electrons. The highest BCUT2D eigenvalue weighted by atomic mass is 16.4. The molecule has 0 spiro atoms. The number of carboxylic acids is 1. The molecule has 1 aliphatic rings. The van der Waals surface area contributed by atoms with E-state index in [1.807, 2.05) is 24.3 Å². The quantitative estimate of drug-likeness (QED) is 0.700. The molecule has 4 nitrogen and oxygen atoms in total. The van der Waals surface area contributed by atoms with Gasteiger partial charge in [-0.1, -0.05) is 24.3 Å². The molecule has 15 heavy (non-hydrogen) atoms. The zero-order valence-electron chi connectivity index (χ0n) is 8.06. The summed E-state index contributed by atoms with van der Waals surface area (Å²) in [7, 11) is 0. The second-order valence-corrected chi connectivity index (χ2v) is 3.77. The van der Waals surface area contributed by atoms with E-state index in [9.17, 15) is 9.59 Å². The van der Waals surface area contributed by atoms with Crippen LogP contribution in [0.2, 0.25) is 0 Å². The molecule has 1 amide bonds. The van der Waals surface area contributed by atoms with Crippen LogP contribution >= 0.6 is 0 Å². The number of aliphatic carboxylic acids is 1. The highest BCUT2D eigenvalue weighted by Crippen LogP contribution is 2.29. The van der Waals surface area contributed by atoms with Gasteiger partial charge < -0.3 is 10.4 Å². The fourth-order valence-electron chi connectivity index (χ4n) is 2.04. The van der Waals surface area contributed by atoms with Crippen molar-refractivity contribution < 1.29 is 14.7 Å². The minimum atomic E-state index is -1.15. The molecule has 0 saturated heterocycles. The molecule has 0 fully saturated rings. The first-order chi connectivity index (χ1) is 7.18. The maximum Gasteiger partial charge on any atom is 0.330 e. The molecule has 0 aromatic heterocycles. The van der Waals surface area contributed by atoms with Crippen LogP contribution in [-0.4, -0.2) is 23.0 Å². The minimum absolute atomic E-state index is 0.358. The van der Waals surface area contributed by atoms with Crippen molar-refractivity contribution in [1.82, 2.24) is 5.32 Å². The number of carboxylic acid groups (broad SMARTS) is 1. The predicted octanol–water partition coefficient (Wildman–Crippen LogP) is 0.355. The summed E-state index contributed by atoms with van der Waals surface area (Å²) in [6.07, 6.45) is 1.18. The molecule has 4 heteroatoms. The lowest BCUT2D eigenvalue weighted by atomic mass is 9.96. The van der Waals surface area contributed by atoms with Crippen molar-refractivity contribution in [3.05, 3.63) is 35.4 Å². The number of fused-ring (bicyclic) bond motifs is 1. The molecule has 0 bridgehead atoms. The Bertz CT molecular complexity index is 389. The largest absolute Gasteiger partial charge is 0.479 e. The molecule has 0 heterocycles. The van der Waals surface area contributed by atoms with E-state index < -0.39 is 11.5 Å². The molecule has 0 unspecified atom stereocenters. The molecular weight excluding hydrogens is 194 g/mol. The molecule has 0 saturated carbocycles. The van der Waals surface area contributed by atoms with Crippen LogP contribution < -0.4 is 5.32 Å². The maximum atomic E-state index is 11.2. The lowest BCUT2D eigenvalue weighted by Gasteiger charge is -2.22. The summed E-state index contributed by atoms with van der Waals surface area (Å²) in [5, 5.41) is 11.6. The van der Waals surface area contributed by atoms with Gasteiger partial charge in [-0.05, 0) is 11.1 Å². The SMILES string of the molecule is O=CNC1(C(=O)O)Cc2ccccc2C1. The Labute approximate surface area is 86.9 Å². The molecule has 1 aliphatic carbocycles. The first-order valence-corrected chi connectivity index (χ1v) is 4.69. The second kappa shape index (κ2) is 3.38. The summed E-state index contributed by atoms with van der Waals surface area (Å²) in [6.45, 7) is 0. The van der Waals surface area contributed by atoms with Gasteiger partial charge in [-0.3, -0.25) is 4.79 Å². The number of amides is 1. The van der Waals surface area contributed by atoms with Crippen LogP contribution in [0, 0.1) is 0 Å². The maximum absolute atomic E-state index is 11.2. The molecular formula is C11H11NO3. The van der Waals surface area contributed by atoms with E-state index in [0.717, 1.165) is 11.1 Å². The van der Waals surface area contributed by atoms with E-state index in [1.54, 1.807) is 0 Å². The van der Waals surface area contributed by atoms with Gasteiger partial charge in [-0.2, -0.15) is 0 Å². The molecule has 0 atom stereocenters. The van der Waals surface area contributed by atoms with Crippen LogP contribution in [0.4, 0.5) is 0 Å². The van der Waals surface area contributed by atoms with Gasteiger partial charge in [0.1, 0.15) is 5.54 Å². The summed E-state index contributed by atoms with van der Waals surface area (Å²) in [5.41, 5.74) is 0.842. The van der Waals surface area contributed by atoms with Gasteiger partial charge in [-0.25, -0.2) is 4.79 Å². The van der Waals surface area contributed by atoms with Crippen molar-refractivity contribution in [3.8, 4) is 0 Å². The number of hydrogen-bond acceptors (Lipinski definition) is 2. The zero-order chi connectivity index (χ0) is 10.9. The minimum Gasteiger partial charge on any atom is -0.479 e. The van der Waals surface area contributed by atoms with Crippen LogP contribution in [0.25, 0.3) is 0 Å². The van der Waals surface area contributed by atoms with Gasteiger partial charge in [0.25, 0.3) is 0 Å². The van der Waals surface area contributed by atoms with Crippen LogP contribution in [-0.2, 0) is 22.4 Å². The molecule has 2 rings (SSSR count). The summed E-state index contributed by atoms with van der Waals surface area (Å²) in [4.78, 5) is 21.6. The molecule has 0 radical (unpaired) electrons. The normalized spacial score (nSPS) is 16.8. The van der Waals surface area contributed by atoms with E-state index in [4.69, 9.17) is 5.11 Å². The van der Waals surface area contributed by atoms with Crippen LogP contribution in [0.5, 0.6) is 0 Å². The molecule has 1 aromatic carbocycles. The van der Waals surface area contributed by atoms with E-state index in [-0.39, 0.29) is 0 Å². The van der Waals surface area contributed by atoms with Gasteiger partial charge in [0.2, 0.25) is 6.41 Å². The summed E-state index contributed by atoms with van der Waals surface area (Å²) < 4.78 is 0. The zero-order valence-corrected chi connectivity index (χ0v) is 8.06. The Morgan fingerprint density at radius 1 is 1.33 bits per heavy atom. The fraction of sp³-hybridized carbons (Fsp3) is 0.273. The number of carbonyl (C=O) groups excluding carboxylic acids is 1. The van der Waals surface area contributed by atoms with Crippen LogP contribution in [0.1, 0.15) is 11.1 Å². The Kier molecular flexibility index (Phi) is 2.19. The molecule has 1 aromatic rings. The second-order valence-electron chi connectivity index (χ2n) is 3.77. The van der Waals surface area contributed by atoms with E-state index >= 15 is 0 Å². The first-order valence-electron chi connectivity index (χ1n) is 4.69. The third-order valence-electron chi connectivity index (χ3n) is 2.85. The average molecular weight is 205 g/mol. The van der Waals surface area contributed by atoms with Crippen LogP contribution in [0.3, 0.4) is 0 Å². The third kappa shape index (κ3) is 1.48. The van der Waals surface area contributed by atoms with Crippen molar-refractivity contribution in [2.24, 2.45) is 0 Å². The lowest BCUT2D eigenvalue weighted by molar-refractivity contribution is -0.145. The van der Waals surface area contributed by atoms with Crippen molar-refractivity contribution in [1.29, 1.82) is 0 Å². The fourth-order valence-corrected chi connectivity index (χ4v) is 2.04. The number of nitrogens with one attached hydrogen (secondary N) is 1. The van der Waals surface area contributed by atoms with Crippen LogP contribution in [0.15, 0.2) is 24.3 Å².